The second-order valence-electron chi connectivity index (χ2n) is 7.15. The van der Waals surface area contributed by atoms with Crippen molar-refractivity contribution in [2.45, 2.75) is 24.2 Å². The molecule has 1 nitrogen and oxygen atoms in total. The zero-order chi connectivity index (χ0) is 21.7. The van der Waals surface area contributed by atoms with Gasteiger partial charge in [-0.3, -0.25) is 4.79 Å². The molecule has 0 fully saturated rings. The van der Waals surface area contributed by atoms with E-state index < -0.39 is 35.3 Å². The molecule has 0 aromatic heterocycles. The number of hydrogen-bond donors (Lipinski definition) is 0. The van der Waals surface area contributed by atoms with Gasteiger partial charge in [0, 0.05) is 11.5 Å². The van der Waals surface area contributed by atoms with Crippen LogP contribution in [0.3, 0.4) is 0 Å². The van der Waals surface area contributed by atoms with Crippen LogP contribution in [0.1, 0.15) is 50.0 Å². The van der Waals surface area contributed by atoms with Crippen molar-refractivity contribution in [3.05, 3.63) is 106 Å². The summed E-state index contributed by atoms with van der Waals surface area (Å²) in [7, 11) is 0. The van der Waals surface area contributed by atoms with E-state index in [9.17, 15) is 31.1 Å². The molecule has 3 aromatic rings. The Hall–Kier alpha value is -3.09. The van der Waals surface area contributed by atoms with Gasteiger partial charge in [0.25, 0.3) is 0 Å². The highest BCUT2D eigenvalue weighted by Crippen LogP contribution is 2.48. The molecule has 3 aromatic carbocycles. The predicted molar refractivity (Wildman–Crippen MR) is 98.2 cm³/mol. The molecule has 0 saturated carbocycles. The highest BCUT2D eigenvalue weighted by Gasteiger charge is 2.42. The van der Waals surface area contributed by atoms with Gasteiger partial charge in [0.1, 0.15) is 0 Å². The van der Waals surface area contributed by atoms with Crippen molar-refractivity contribution in [2.75, 3.05) is 0 Å². The fraction of sp³-hybridized carbons (Fsp3) is 0.174. The Kier molecular flexibility index (Phi) is 4.71. The first-order chi connectivity index (χ1) is 14.1. The quantitative estimate of drug-likeness (QED) is 0.415. The lowest BCUT2D eigenvalue weighted by molar-refractivity contribution is -0.138. The maximum absolute atomic E-state index is 13.1. The summed E-state index contributed by atoms with van der Waals surface area (Å²) < 4.78 is 77.5. The van der Waals surface area contributed by atoms with E-state index >= 15 is 0 Å². The summed E-state index contributed by atoms with van der Waals surface area (Å²) in [5, 5.41) is 0. The van der Waals surface area contributed by atoms with Gasteiger partial charge in [-0.15, -0.1) is 0 Å². The van der Waals surface area contributed by atoms with Gasteiger partial charge in [-0.05, 0) is 41.0 Å². The first-order valence-corrected chi connectivity index (χ1v) is 9.05. The van der Waals surface area contributed by atoms with Crippen molar-refractivity contribution in [3.8, 4) is 0 Å². The number of carbonyl (C=O) groups excluding carboxylic acids is 1. The molecule has 1 aliphatic carbocycles. The minimum Gasteiger partial charge on any atom is -0.293 e. The Labute approximate surface area is 168 Å². The Morgan fingerprint density at radius 3 is 1.47 bits per heavy atom. The van der Waals surface area contributed by atoms with Gasteiger partial charge >= 0.3 is 12.4 Å². The minimum atomic E-state index is -4.51. The van der Waals surface area contributed by atoms with Gasteiger partial charge in [-0.1, -0.05) is 48.5 Å². The van der Waals surface area contributed by atoms with Crippen LogP contribution < -0.4 is 0 Å². The molecule has 0 saturated heterocycles. The molecule has 0 N–H and O–H groups in total. The Balaban J connectivity index is 1.80. The number of alkyl halides is 6. The van der Waals surface area contributed by atoms with Crippen LogP contribution >= 0.6 is 0 Å². The summed E-state index contributed by atoms with van der Waals surface area (Å²) in [5.74, 6) is -1.68. The van der Waals surface area contributed by atoms with E-state index in [1.54, 1.807) is 24.3 Å². The molecule has 0 spiro atoms. The number of fused-ring (bicyclic) bond motifs is 1. The van der Waals surface area contributed by atoms with Crippen LogP contribution in [0.5, 0.6) is 0 Å². The van der Waals surface area contributed by atoms with Crippen LogP contribution in [-0.2, 0) is 12.4 Å². The lowest BCUT2D eigenvalue weighted by atomic mass is 9.81. The van der Waals surface area contributed by atoms with E-state index in [0.29, 0.717) is 22.3 Å². The summed E-state index contributed by atoms with van der Waals surface area (Å²) in [6, 6.07) is 15.6. The van der Waals surface area contributed by atoms with Crippen molar-refractivity contribution in [1.29, 1.82) is 0 Å². The molecule has 30 heavy (non-hydrogen) atoms. The summed E-state index contributed by atoms with van der Waals surface area (Å²) in [5.41, 5.74) is 0.301. The smallest absolute Gasteiger partial charge is 0.293 e. The number of hydrogen-bond acceptors (Lipinski definition) is 1. The van der Waals surface area contributed by atoms with E-state index in [1.807, 2.05) is 0 Å². The number of ketones is 1. The Morgan fingerprint density at radius 2 is 1.00 bits per heavy atom. The predicted octanol–water partition coefficient (Wildman–Crippen LogP) is 6.84. The number of rotatable bonds is 2. The molecule has 2 atom stereocenters. The zero-order valence-electron chi connectivity index (χ0n) is 15.3. The average molecular weight is 420 g/mol. The van der Waals surface area contributed by atoms with Gasteiger partial charge in [-0.25, -0.2) is 0 Å². The standard InChI is InChI=1S/C23H14F6O/c24-22(25,26)15-9-5-13(6-10-15)19-17-3-1-2-4-18(17)21(30)20(19)14-7-11-16(12-8-14)23(27,28)29/h1-12,19-20H. The second kappa shape index (κ2) is 7.00. The van der Waals surface area contributed by atoms with Gasteiger partial charge in [-0.2, -0.15) is 26.3 Å². The summed E-state index contributed by atoms with van der Waals surface area (Å²) >= 11 is 0. The van der Waals surface area contributed by atoms with Gasteiger partial charge < -0.3 is 0 Å². The molecule has 7 heteroatoms. The van der Waals surface area contributed by atoms with E-state index in [2.05, 4.69) is 0 Å². The summed E-state index contributed by atoms with van der Waals surface area (Å²) in [4.78, 5) is 13.1. The Morgan fingerprint density at radius 1 is 0.567 bits per heavy atom. The fourth-order valence-electron chi connectivity index (χ4n) is 3.97. The monoisotopic (exact) mass is 420 g/mol. The molecule has 0 radical (unpaired) electrons. The molecule has 0 aliphatic heterocycles. The van der Waals surface area contributed by atoms with Crippen LogP contribution in [0, 0.1) is 0 Å². The van der Waals surface area contributed by atoms with Crippen molar-refractivity contribution >= 4 is 5.78 Å². The van der Waals surface area contributed by atoms with Crippen molar-refractivity contribution in [2.24, 2.45) is 0 Å². The minimum absolute atomic E-state index is 0.268. The third kappa shape index (κ3) is 3.49. The summed E-state index contributed by atoms with van der Waals surface area (Å²) in [6.07, 6.45) is -9.00. The molecular weight excluding hydrogens is 406 g/mol. The number of carbonyl (C=O) groups is 1. The third-order valence-electron chi connectivity index (χ3n) is 5.37. The van der Waals surface area contributed by atoms with Crippen molar-refractivity contribution in [3.63, 3.8) is 0 Å². The molecular formula is C23H14F6O. The lowest BCUT2D eigenvalue weighted by Crippen LogP contribution is -2.14. The first kappa shape index (κ1) is 20.2. The van der Waals surface area contributed by atoms with E-state index in [4.69, 9.17) is 0 Å². The van der Waals surface area contributed by atoms with Crippen molar-refractivity contribution < 1.29 is 31.1 Å². The van der Waals surface area contributed by atoms with Crippen LogP contribution in [0.2, 0.25) is 0 Å². The highest BCUT2D eigenvalue weighted by molar-refractivity contribution is 6.07. The molecule has 0 bridgehead atoms. The SMILES string of the molecule is O=C1c2ccccc2C(c2ccc(C(F)(F)F)cc2)C1c1ccc(C(F)(F)F)cc1. The largest absolute Gasteiger partial charge is 0.416 e. The van der Waals surface area contributed by atoms with E-state index in [0.717, 1.165) is 24.3 Å². The van der Waals surface area contributed by atoms with Crippen LogP contribution in [0.25, 0.3) is 0 Å². The molecule has 154 valence electrons. The van der Waals surface area contributed by atoms with E-state index in [1.165, 1.54) is 24.3 Å². The van der Waals surface area contributed by atoms with Crippen LogP contribution in [-0.4, -0.2) is 5.78 Å². The number of Topliss-reactive ketones (excluding diaryl/α,β-unsaturated/α-hetero) is 1. The maximum atomic E-state index is 13.1. The number of halogens is 6. The topological polar surface area (TPSA) is 17.1 Å². The average Bonchev–Trinajstić information content (AvgIpc) is 3.00. The lowest BCUT2D eigenvalue weighted by Gasteiger charge is -2.21. The van der Waals surface area contributed by atoms with E-state index in [-0.39, 0.29) is 5.78 Å². The number of benzene rings is 3. The van der Waals surface area contributed by atoms with Gasteiger partial charge in [0.15, 0.2) is 5.78 Å². The fourth-order valence-corrected chi connectivity index (χ4v) is 3.97. The summed E-state index contributed by atoms with van der Waals surface area (Å²) in [6.45, 7) is 0. The molecule has 1 aliphatic rings. The molecule has 0 heterocycles. The first-order valence-electron chi connectivity index (χ1n) is 9.05. The second-order valence-corrected chi connectivity index (χ2v) is 7.15. The zero-order valence-corrected chi connectivity index (χ0v) is 15.3. The molecule has 2 unspecified atom stereocenters. The van der Waals surface area contributed by atoms with Gasteiger partial charge in [0.2, 0.25) is 0 Å². The maximum Gasteiger partial charge on any atom is 0.416 e. The normalized spacial score (nSPS) is 19.1. The van der Waals surface area contributed by atoms with Crippen molar-refractivity contribution in [1.82, 2.24) is 0 Å². The van der Waals surface area contributed by atoms with Crippen LogP contribution in [0.15, 0.2) is 72.8 Å². The Bertz CT molecular complexity index is 1080. The molecule has 4 rings (SSSR count). The van der Waals surface area contributed by atoms with Crippen LogP contribution in [0.4, 0.5) is 26.3 Å². The van der Waals surface area contributed by atoms with Gasteiger partial charge in [0.05, 0.1) is 17.0 Å². The third-order valence-corrected chi connectivity index (χ3v) is 5.37. The molecule has 0 amide bonds. The highest BCUT2D eigenvalue weighted by atomic mass is 19.4.